The van der Waals surface area contributed by atoms with Crippen LogP contribution < -0.4 is 10.3 Å². The van der Waals surface area contributed by atoms with Gasteiger partial charge in [0.1, 0.15) is 0 Å². The standard InChI is InChI=1S/C23H20N2O4S2/c1-14-9-11-18(12-10-14)31(27,28)25-22(17-7-5-4-6-8-17)24-19-13-15(2)20-21(16(19)3)30-23(26)29-20/h4-13H,1-3H3,(H,24,25). The predicted molar refractivity (Wildman–Crippen MR) is 125 cm³/mol. The zero-order valence-corrected chi connectivity index (χ0v) is 18.8. The molecule has 0 aliphatic rings. The van der Waals surface area contributed by atoms with Gasteiger partial charge in [-0.2, -0.15) is 8.42 Å². The molecule has 0 atom stereocenters. The second-order valence-corrected chi connectivity index (χ2v) is 9.75. The number of amidine groups is 1. The molecule has 0 bridgehead atoms. The number of sulfonamides is 1. The van der Waals surface area contributed by atoms with Crippen LogP contribution in [0.3, 0.4) is 0 Å². The van der Waals surface area contributed by atoms with Crippen LogP contribution in [0, 0.1) is 20.8 Å². The van der Waals surface area contributed by atoms with E-state index in [9.17, 15) is 13.2 Å². The minimum Gasteiger partial charge on any atom is -0.414 e. The van der Waals surface area contributed by atoms with E-state index < -0.39 is 10.0 Å². The monoisotopic (exact) mass is 452 g/mol. The molecule has 1 heterocycles. The summed E-state index contributed by atoms with van der Waals surface area (Å²) in [7, 11) is -3.95. The lowest BCUT2D eigenvalue weighted by Crippen LogP contribution is -2.17. The van der Waals surface area contributed by atoms with Gasteiger partial charge in [-0.25, -0.2) is 4.79 Å². The van der Waals surface area contributed by atoms with E-state index in [0.29, 0.717) is 16.8 Å². The largest absolute Gasteiger partial charge is 0.414 e. The third-order valence-electron chi connectivity index (χ3n) is 4.87. The van der Waals surface area contributed by atoms with Crippen molar-refractivity contribution >= 4 is 43.2 Å². The molecule has 3 aromatic carbocycles. The van der Waals surface area contributed by atoms with Gasteiger partial charge in [-0.15, -0.1) is 4.40 Å². The highest BCUT2D eigenvalue weighted by atomic mass is 32.2. The van der Waals surface area contributed by atoms with Gasteiger partial charge in [-0.1, -0.05) is 59.4 Å². The Morgan fingerprint density at radius 1 is 1.00 bits per heavy atom. The highest BCUT2D eigenvalue weighted by Gasteiger charge is 2.18. The van der Waals surface area contributed by atoms with E-state index in [1.807, 2.05) is 45.0 Å². The van der Waals surface area contributed by atoms with Crippen molar-refractivity contribution in [1.29, 1.82) is 0 Å². The van der Waals surface area contributed by atoms with E-state index in [1.54, 1.807) is 36.4 Å². The molecule has 0 spiro atoms. The molecule has 6 nitrogen and oxygen atoms in total. The van der Waals surface area contributed by atoms with E-state index in [0.717, 1.165) is 32.7 Å². The van der Waals surface area contributed by atoms with Gasteiger partial charge < -0.3 is 9.73 Å². The van der Waals surface area contributed by atoms with E-state index in [2.05, 4.69) is 9.71 Å². The number of fused-ring (bicyclic) bond motifs is 1. The first-order valence-corrected chi connectivity index (χ1v) is 11.8. The molecule has 0 radical (unpaired) electrons. The normalized spacial score (nSPS) is 12.3. The first-order valence-electron chi connectivity index (χ1n) is 9.52. The highest BCUT2D eigenvalue weighted by Crippen LogP contribution is 2.31. The molecule has 4 aromatic rings. The van der Waals surface area contributed by atoms with Crippen molar-refractivity contribution in [3.05, 3.63) is 92.7 Å². The number of hydrogen-bond acceptors (Lipinski definition) is 5. The number of benzene rings is 3. The molecular formula is C23H20N2O4S2. The van der Waals surface area contributed by atoms with Crippen molar-refractivity contribution in [2.75, 3.05) is 5.32 Å². The van der Waals surface area contributed by atoms with Crippen LogP contribution in [0.15, 0.2) is 79.2 Å². The minimum absolute atomic E-state index is 0.115. The lowest BCUT2D eigenvalue weighted by atomic mass is 10.1. The van der Waals surface area contributed by atoms with Crippen LogP contribution in [-0.2, 0) is 10.0 Å². The van der Waals surface area contributed by atoms with E-state index in [-0.39, 0.29) is 15.7 Å². The van der Waals surface area contributed by atoms with Crippen LogP contribution in [0.5, 0.6) is 0 Å². The van der Waals surface area contributed by atoms with Crippen molar-refractivity contribution in [3.8, 4) is 0 Å². The summed E-state index contributed by atoms with van der Waals surface area (Å²) in [5.41, 5.74) is 4.34. The predicted octanol–water partition coefficient (Wildman–Crippen LogP) is 5.03. The summed E-state index contributed by atoms with van der Waals surface area (Å²) in [5.74, 6) is 0.193. The quantitative estimate of drug-likeness (QED) is 0.347. The summed E-state index contributed by atoms with van der Waals surface area (Å²) in [5, 5.41) is 3.18. The van der Waals surface area contributed by atoms with Gasteiger partial charge in [0.2, 0.25) is 0 Å². The van der Waals surface area contributed by atoms with E-state index in [4.69, 9.17) is 4.42 Å². The Hall–Kier alpha value is -3.23. The smallest absolute Gasteiger partial charge is 0.396 e. The summed E-state index contributed by atoms with van der Waals surface area (Å²) in [4.78, 5) is 11.5. The van der Waals surface area contributed by atoms with Gasteiger partial charge in [0.15, 0.2) is 11.4 Å². The van der Waals surface area contributed by atoms with Crippen LogP contribution in [0.4, 0.5) is 5.69 Å². The van der Waals surface area contributed by atoms with Crippen LogP contribution in [0.1, 0.15) is 22.3 Å². The van der Waals surface area contributed by atoms with Crippen LogP contribution in [0.25, 0.3) is 10.3 Å². The van der Waals surface area contributed by atoms with Gasteiger partial charge in [0.25, 0.3) is 10.0 Å². The van der Waals surface area contributed by atoms with Crippen molar-refractivity contribution in [3.63, 3.8) is 0 Å². The zero-order valence-electron chi connectivity index (χ0n) is 17.2. The molecular weight excluding hydrogens is 432 g/mol. The third-order valence-corrected chi connectivity index (χ3v) is 7.11. The average Bonchev–Trinajstić information content (AvgIpc) is 3.14. The van der Waals surface area contributed by atoms with Crippen molar-refractivity contribution < 1.29 is 12.8 Å². The van der Waals surface area contributed by atoms with E-state index >= 15 is 0 Å². The number of aryl methyl sites for hydroxylation is 3. The number of hydrogen-bond donors (Lipinski definition) is 1. The molecule has 0 unspecified atom stereocenters. The first kappa shape index (κ1) is 21.0. The second-order valence-electron chi connectivity index (χ2n) is 7.20. The van der Waals surface area contributed by atoms with E-state index in [1.165, 1.54) is 0 Å². The van der Waals surface area contributed by atoms with Gasteiger partial charge in [0, 0.05) is 11.3 Å². The molecule has 1 N–H and O–H groups in total. The molecule has 0 aliphatic carbocycles. The number of rotatable bonds is 4. The fourth-order valence-corrected chi connectivity index (χ4v) is 5.01. The molecule has 0 amide bonds. The van der Waals surface area contributed by atoms with Gasteiger partial charge in [0.05, 0.1) is 9.60 Å². The molecule has 8 heteroatoms. The van der Waals surface area contributed by atoms with Gasteiger partial charge >= 0.3 is 4.94 Å². The molecule has 1 aromatic heterocycles. The maximum atomic E-state index is 13.0. The Kier molecular flexibility index (Phi) is 5.51. The molecule has 4 rings (SSSR count). The lowest BCUT2D eigenvalue weighted by Gasteiger charge is -2.14. The van der Waals surface area contributed by atoms with Crippen molar-refractivity contribution in [1.82, 2.24) is 0 Å². The average molecular weight is 453 g/mol. The van der Waals surface area contributed by atoms with Crippen LogP contribution in [-0.4, -0.2) is 14.3 Å². The minimum atomic E-state index is -3.95. The third kappa shape index (κ3) is 4.30. The topological polar surface area (TPSA) is 88.7 Å². The summed E-state index contributed by atoms with van der Waals surface area (Å²) in [6.45, 7) is 5.58. The highest BCUT2D eigenvalue weighted by molar-refractivity contribution is 7.90. The summed E-state index contributed by atoms with van der Waals surface area (Å²) in [6, 6.07) is 17.4. The molecule has 31 heavy (non-hydrogen) atoms. The van der Waals surface area contributed by atoms with Crippen LogP contribution in [0.2, 0.25) is 0 Å². The fourth-order valence-electron chi connectivity index (χ4n) is 3.18. The Morgan fingerprint density at radius 2 is 1.68 bits per heavy atom. The second kappa shape index (κ2) is 8.13. The molecule has 0 saturated heterocycles. The summed E-state index contributed by atoms with van der Waals surface area (Å²) < 4.78 is 36.1. The number of anilines is 1. The Balaban J connectivity index is 1.85. The number of nitrogens with one attached hydrogen (secondary N) is 1. The first-order chi connectivity index (χ1) is 14.7. The fraction of sp³-hybridized carbons (Fsp3) is 0.130. The van der Waals surface area contributed by atoms with Gasteiger partial charge in [-0.3, -0.25) is 0 Å². The summed E-state index contributed by atoms with van der Waals surface area (Å²) >= 11 is 1.02. The molecule has 0 fully saturated rings. The van der Waals surface area contributed by atoms with Crippen molar-refractivity contribution in [2.45, 2.75) is 25.7 Å². The Bertz CT molecular complexity index is 1450. The van der Waals surface area contributed by atoms with Gasteiger partial charge in [-0.05, 0) is 50.1 Å². The number of nitrogens with zero attached hydrogens (tertiary/aromatic N) is 1. The molecule has 0 saturated carbocycles. The lowest BCUT2D eigenvalue weighted by molar-refractivity contribution is 0.583. The van der Waals surface area contributed by atoms with Crippen LogP contribution >= 0.6 is 11.3 Å². The zero-order chi connectivity index (χ0) is 22.2. The summed E-state index contributed by atoms with van der Waals surface area (Å²) in [6.07, 6.45) is 0. The van der Waals surface area contributed by atoms with Crippen molar-refractivity contribution in [2.24, 2.45) is 4.40 Å². The molecule has 158 valence electrons. The Morgan fingerprint density at radius 3 is 2.35 bits per heavy atom. The maximum Gasteiger partial charge on any atom is 0.396 e. The SMILES string of the molecule is Cc1ccc(S(=O)(=O)N=C(Nc2cc(C)c3oc(=O)sc3c2C)c2ccccc2)cc1. The molecule has 0 aliphatic heterocycles. The maximum absolute atomic E-state index is 13.0. The Labute approximate surface area is 183 Å².